The fourth-order valence-electron chi connectivity index (χ4n) is 3.10. The van der Waals surface area contributed by atoms with Crippen LogP contribution in [0.3, 0.4) is 0 Å². The van der Waals surface area contributed by atoms with E-state index in [9.17, 15) is 0 Å². The van der Waals surface area contributed by atoms with E-state index in [1.165, 1.54) is 6.42 Å². The van der Waals surface area contributed by atoms with E-state index in [0.29, 0.717) is 24.2 Å². The van der Waals surface area contributed by atoms with Gasteiger partial charge in [0.15, 0.2) is 0 Å². The minimum absolute atomic E-state index is 0.109. The Morgan fingerprint density at radius 2 is 2.19 bits per heavy atom. The highest BCUT2D eigenvalue weighted by Gasteiger charge is 2.42. The van der Waals surface area contributed by atoms with Gasteiger partial charge in [-0.05, 0) is 37.5 Å². The van der Waals surface area contributed by atoms with E-state index in [1.54, 1.807) is 0 Å². The second-order valence-electron chi connectivity index (χ2n) is 7.43. The number of hydrogen-bond acceptors (Lipinski definition) is 5. The van der Waals surface area contributed by atoms with Gasteiger partial charge in [0.1, 0.15) is 5.60 Å². The van der Waals surface area contributed by atoms with Gasteiger partial charge in [0, 0.05) is 6.61 Å². The normalized spacial score (nSPS) is 28.6. The third-order valence-electron chi connectivity index (χ3n) is 4.42. The summed E-state index contributed by atoms with van der Waals surface area (Å²) in [6, 6.07) is -0.265. The fraction of sp³-hybridized carbons (Fsp3) is 0.875. The molecule has 1 aliphatic carbocycles. The van der Waals surface area contributed by atoms with Crippen molar-refractivity contribution in [1.82, 2.24) is 10.1 Å². The molecular formula is C16H29N3O2. The van der Waals surface area contributed by atoms with Gasteiger partial charge in [-0.3, -0.25) is 0 Å². The van der Waals surface area contributed by atoms with E-state index in [4.69, 9.17) is 15.0 Å². The minimum Gasteiger partial charge on any atom is -0.367 e. The average Bonchev–Trinajstić information content (AvgIpc) is 2.87. The first-order valence-electron chi connectivity index (χ1n) is 8.02. The Balaban J connectivity index is 2.28. The molecule has 1 aliphatic rings. The lowest BCUT2D eigenvalue weighted by Crippen LogP contribution is -2.36. The van der Waals surface area contributed by atoms with Crippen molar-refractivity contribution in [2.24, 2.45) is 17.1 Å². The van der Waals surface area contributed by atoms with Gasteiger partial charge < -0.3 is 15.0 Å². The molecule has 1 heterocycles. The topological polar surface area (TPSA) is 74.2 Å². The Morgan fingerprint density at radius 3 is 2.76 bits per heavy atom. The van der Waals surface area contributed by atoms with Gasteiger partial charge in [-0.2, -0.15) is 4.98 Å². The highest BCUT2D eigenvalue weighted by Crippen LogP contribution is 2.42. The van der Waals surface area contributed by atoms with Crippen LogP contribution in [0, 0.1) is 11.3 Å². The van der Waals surface area contributed by atoms with Gasteiger partial charge in [-0.1, -0.05) is 39.3 Å². The maximum absolute atomic E-state index is 6.22. The molecule has 1 aromatic heterocycles. The van der Waals surface area contributed by atoms with Crippen LogP contribution in [0.1, 0.15) is 78.1 Å². The molecule has 3 unspecified atom stereocenters. The van der Waals surface area contributed by atoms with Crippen LogP contribution in [0.15, 0.2) is 4.52 Å². The number of nitrogens with two attached hydrogens (primary N) is 1. The van der Waals surface area contributed by atoms with Crippen LogP contribution in [0.4, 0.5) is 0 Å². The Labute approximate surface area is 127 Å². The minimum atomic E-state index is -0.397. The van der Waals surface area contributed by atoms with E-state index in [0.717, 1.165) is 19.3 Å². The van der Waals surface area contributed by atoms with Crippen molar-refractivity contribution in [3.8, 4) is 0 Å². The average molecular weight is 295 g/mol. The zero-order valence-corrected chi connectivity index (χ0v) is 14.0. The second kappa shape index (κ2) is 6.05. The maximum atomic E-state index is 6.22. The Bertz CT molecular complexity index is 462. The maximum Gasteiger partial charge on any atom is 0.244 e. The van der Waals surface area contributed by atoms with Crippen LogP contribution in [-0.4, -0.2) is 16.7 Å². The lowest BCUT2D eigenvalue weighted by molar-refractivity contribution is -0.0891. The Hall–Kier alpha value is -0.940. The monoisotopic (exact) mass is 295 g/mol. The van der Waals surface area contributed by atoms with Gasteiger partial charge >= 0.3 is 0 Å². The van der Waals surface area contributed by atoms with Crippen LogP contribution in [0.25, 0.3) is 0 Å². The summed E-state index contributed by atoms with van der Waals surface area (Å²) in [6.45, 7) is 11.1. The lowest BCUT2D eigenvalue weighted by atomic mass is 9.78. The Morgan fingerprint density at radius 1 is 1.48 bits per heavy atom. The summed E-state index contributed by atoms with van der Waals surface area (Å²) in [4.78, 5) is 4.60. The molecule has 0 radical (unpaired) electrons. The quantitative estimate of drug-likeness (QED) is 0.919. The van der Waals surface area contributed by atoms with Crippen molar-refractivity contribution in [2.45, 2.75) is 71.9 Å². The molecule has 0 bridgehead atoms. The molecule has 21 heavy (non-hydrogen) atoms. The van der Waals surface area contributed by atoms with Crippen LogP contribution in [-0.2, 0) is 10.3 Å². The number of ether oxygens (including phenoxy) is 1. The largest absolute Gasteiger partial charge is 0.367 e. The molecule has 1 aromatic rings. The molecular weight excluding hydrogens is 266 g/mol. The van der Waals surface area contributed by atoms with E-state index >= 15 is 0 Å². The van der Waals surface area contributed by atoms with Gasteiger partial charge in [0.05, 0.1) is 6.04 Å². The van der Waals surface area contributed by atoms with Crippen molar-refractivity contribution in [3.63, 3.8) is 0 Å². The summed E-state index contributed by atoms with van der Waals surface area (Å²) in [6.07, 6.45) is 4.27. The second-order valence-corrected chi connectivity index (χ2v) is 7.43. The molecule has 120 valence electrons. The molecule has 2 N–H and O–H groups in total. The summed E-state index contributed by atoms with van der Waals surface area (Å²) in [5, 5.41) is 4.21. The lowest BCUT2D eigenvalue weighted by Gasteiger charge is -2.37. The molecule has 0 amide bonds. The van der Waals surface area contributed by atoms with E-state index in [-0.39, 0.29) is 11.5 Å². The van der Waals surface area contributed by atoms with Crippen molar-refractivity contribution >= 4 is 0 Å². The van der Waals surface area contributed by atoms with Gasteiger partial charge in [-0.15, -0.1) is 0 Å². The van der Waals surface area contributed by atoms with Crippen molar-refractivity contribution in [2.75, 3.05) is 6.61 Å². The standard InChI is InChI=1S/C16H29N3O2/c1-6-20-16(9-7-8-11(2)10-16)14-18-13(21-19-14)12(17)15(3,4)5/h11-12H,6-10,17H2,1-5H3. The third kappa shape index (κ3) is 3.46. The van der Waals surface area contributed by atoms with Crippen molar-refractivity contribution < 1.29 is 9.26 Å². The first kappa shape index (κ1) is 16.4. The van der Waals surface area contributed by atoms with Crippen LogP contribution in [0.2, 0.25) is 0 Å². The van der Waals surface area contributed by atoms with Gasteiger partial charge in [-0.25, -0.2) is 0 Å². The molecule has 5 nitrogen and oxygen atoms in total. The predicted molar refractivity (Wildman–Crippen MR) is 81.6 cm³/mol. The van der Waals surface area contributed by atoms with Crippen molar-refractivity contribution in [1.29, 1.82) is 0 Å². The number of aromatic nitrogens is 2. The highest BCUT2D eigenvalue weighted by molar-refractivity contribution is 5.06. The molecule has 5 heteroatoms. The molecule has 1 saturated carbocycles. The molecule has 2 rings (SSSR count). The molecule has 0 aromatic carbocycles. The third-order valence-corrected chi connectivity index (χ3v) is 4.42. The van der Waals surface area contributed by atoms with Crippen LogP contribution >= 0.6 is 0 Å². The summed E-state index contributed by atoms with van der Waals surface area (Å²) in [7, 11) is 0. The van der Waals surface area contributed by atoms with E-state index in [2.05, 4.69) is 37.8 Å². The molecule has 0 aliphatic heterocycles. The van der Waals surface area contributed by atoms with Crippen LogP contribution < -0.4 is 5.73 Å². The Kier molecular flexibility index (Phi) is 4.73. The zero-order valence-electron chi connectivity index (χ0n) is 14.0. The predicted octanol–water partition coefficient (Wildman–Crippen LogP) is 3.56. The summed E-state index contributed by atoms with van der Waals surface area (Å²) >= 11 is 0. The number of rotatable bonds is 4. The zero-order chi connectivity index (χ0) is 15.7. The SMILES string of the molecule is CCOC1(c2noc(C(N)C(C)(C)C)n2)CCCC(C)C1. The van der Waals surface area contributed by atoms with Crippen LogP contribution in [0.5, 0.6) is 0 Å². The first-order chi connectivity index (χ1) is 9.78. The smallest absolute Gasteiger partial charge is 0.244 e. The highest BCUT2D eigenvalue weighted by atomic mass is 16.5. The van der Waals surface area contributed by atoms with Crippen molar-refractivity contribution in [3.05, 3.63) is 11.7 Å². The van der Waals surface area contributed by atoms with E-state index < -0.39 is 5.60 Å². The number of hydrogen-bond donors (Lipinski definition) is 1. The molecule has 1 fully saturated rings. The van der Waals surface area contributed by atoms with E-state index in [1.807, 2.05) is 6.92 Å². The molecule has 3 atom stereocenters. The fourth-order valence-corrected chi connectivity index (χ4v) is 3.10. The summed E-state index contributed by atoms with van der Waals surface area (Å²) in [5.74, 6) is 1.80. The van der Waals surface area contributed by atoms with Gasteiger partial charge in [0.2, 0.25) is 11.7 Å². The summed E-state index contributed by atoms with van der Waals surface area (Å²) in [5.41, 5.74) is 5.72. The molecule has 0 saturated heterocycles. The molecule has 0 spiro atoms. The van der Waals surface area contributed by atoms with Gasteiger partial charge in [0.25, 0.3) is 0 Å². The first-order valence-corrected chi connectivity index (χ1v) is 8.02. The summed E-state index contributed by atoms with van der Waals surface area (Å²) < 4.78 is 11.5. The number of nitrogens with zero attached hydrogens (tertiary/aromatic N) is 2.